The van der Waals surface area contributed by atoms with Crippen LogP contribution >= 0.6 is 0 Å². The summed E-state index contributed by atoms with van der Waals surface area (Å²) in [6.07, 6.45) is 5.79. The van der Waals surface area contributed by atoms with Crippen molar-refractivity contribution >= 4 is 0 Å². The Hall–Kier alpha value is -0.970. The molecule has 0 radical (unpaired) electrons. The fraction of sp³-hybridized carbons (Fsp3) is 0.615. The van der Waals surface area contributed by atoms with Gasteiger partial charge in [-0.2, -0.15) is 0 Å². The van der Waals surface area contributed by atoms with Gasteiger partial charge in [-0.15, -0.1) is 0 Å². The average molecular weight is 237 g/mol. The Morgan fingerprint density at radius 2 is 2.35 bits per heavy atom. The smallest absolute Gasteiger partial charge is 0.0615 e. The predicted octanol–water partition coefficient (Wildman–Crippen LogP) is 1.23. The van der Waals surface area contributed by atoms with Crippen LogP contribution in [-0.4, -0.2) is 31.3 Å². The molecule has 1 aromatic heterocycles. The summed E-state index contributed by atoms with van der Waals surface area (Å²) in [6, 6.07) is 2.42. The number of ether oxygens (including phenoxy) is 1. The highest BCUT2D eigenvalue weighted by Crippen LogP contribution is 2.06. The largest absolute Gasteiger partial charge is 0.383 e. The van der Waals surface area contributed by atoms with Gasteiger partial charge in [0.05, 0.1) is 6.61 Å². The molecular formula is C13H23N3O. The van der Waals surface area contributed by atoms with Crippen LogP contribution < -0.4 is 11.1 Å². The zero-order chi connectivity index (χ0) is 12.5. The third-order valence-electron chi connectivity index (χ3n) is 2.84. The first-order valence-electron chi connectivity index (χ1n) is 6.09. The van der Waals surface area contributed by atoms with Crippen molar-refractivity contribution in [1.29, 1.82) is 0 Å². The van der Waals surface area contributed by atoms with Crippen molar-refractivity contribution in [3.8, 4) is 0 Å². The highest BCUT2D eigenvalue weighted by molar-refractivity contribution is 5.21. The third-order valence-corrected chi connectivity index (χ3v) is 2.84. The molecule has 17 heavy (non-hydrogen) atoms. The van der Waals surface area contributed by atoms with Gasteiger partial charge in [0, 0.05) is 32.1 Å². The Bertz CT molecular complexity index is 317. The van der Waals surface area contributed by atoms with Gasteiger partial charge in [-0.05, 0) is 43.5 Å². The highest BCUT2D eigenvalue weighted by Gasteiger charge is 2.07. The monoisotopic (exact) mass is 237 g/mol. The summed E-state index contributed by atoms with van der Waals surface area (Å²) in [4.78, 5) is 4.09. The number of nitrogens with zero attached hydrogens (tertiary/aromatic N) is 1. The minimum absolute atomic E-state index is 0.371. The normalized spacial score (nSPS) is 12.6. The van der Waals surface area contributed by atoms with Crippen LogP contribution in [0.15, 0.2) is 18.5 Å². The van der Waals surface area contributed by atoms with E-state index >= 15 is 0 Å². The fourth-order valence-electron chi connectivity index (χ4n) is 1.76. The van der Waals surface area contributed by atoms with E-state index in [1.165, 1.54) is 11.1 Å². The molecule has 0 aliphatic rings. The van der Waals surface area contributed by atoms with Crippen LogP contribution in [0.2, 0.25) is 0 Å². The number of aromatic nitrogens is 1. The summed E-state index contributed by atoms with van der Waals surface area (Å²) in [6.45, 7) is 4.39. The zero-order valence-corrected chi connectivity index (χ0v) is 10.8. The Kier molecular flexibility index (Phi) is 6.77. The van der Waals surface area contributed by atoms with Crippen molar-refractivity contribution in [1.82, 2.24) is 10.3 Å². The molecule has 0 spiro atoms. The van der Waals surface area contributed by atoms with Crippen molar-refractivity contribution in [2.75, 3.05) is 20.3 Å². The standard InChI is InChI=1S/C13H23N3O/c1-11-8-15-7-5-12(11)9-16-13(10-17-2)4-3-6-14/h5,7-8,13,16H,3-4,6,9-10,14H2,1-2H3. The van der Waals surface area contributed by atoms with Crippen molar-refractivity contribution in [2.24, 2.45) is 5.73 Å². The molecular weight excluding hydrogens is 214 g/mol. The lowest BCUT2D eigenvalue weighted by Crippen LogP contribution is -2.33. The lowest BCUT2D eigenvalue weighted by atomic mass is 10.1. The molecule has 1 unspecified atom stereocenters. The molecule has 0 bridgehead atoms. The Labute approximate surface area is 104 Å². The van der Waals surface area contributed by atoms with Crippen LogP contribution in [0.3, 0.4) is 0 Å². The topological polar surface area (TPSA) is 60.2 Å². The fourth-order valence-corrected chi connectivity index (χ4v) is 1.76. The Balaban J connectivity index is 2.42. The number of rotatable bonds is 8. The summed E-state index contributed by atoms with van der Waals surface area (Å²) in [7, 11) is 1.73. The quantitative estimate of drug-likeness (QED) is 0.714. The van der Waals surface area contributed by atoms with E-state index in [4.69, 9.17) is 10.5 Å². The molecule has 1 heterocycles. The lowest BCUT2D eigenvalue weighted by molar-refractivity contribution is 0.161. The van der Waals surface area contributed by atoms with Crippen molar-refractivity contribution in [3.63, 3.8) is 0 Å². The van der Waals surface area contributed by atoms with Gasteiger partial charge >= 0.3 is 0 Å². The summed E-state index contributed by atoms with van der Waals surface area (Å²) in [5, 5.41) is 3.50. The lowest BCUT2D eigenvalue weighted by Gasteiger charge is -2.18. The first-order chi connectivity index (χ1) is 8.27. The van der Waals surface area contributed by atoms with Crippen molar-refractivity contribution in [2.45, 2.75) is 32.4 Å². The number of pyridine rings is 1. The van der Waals surface area contributed by atoms with E-state index in [9.17, 15) is 0 Å². The van der Waals surface area contributed by atoms with E-state index in [-0.39, 0.29) is 0 Å². The van der Waals surface area contributed by atoms with E-state index in [2.05, 4.69) is 23.3 Å². The minimum atomic E-state index is 0.371. The van der Waals surface area contributed by atoms with Crippen molar-refractivity contribution in [3.05, 3.63) is 29.6 Å². The molecule has 0 amide bonds. The van der Waals surface area contributed by atoms with Gasteiger partial charge in [0.1, 0.15) is 0 Å². The van der Waals surface area contributed by atoms with Gasteiger partial charge in [0.2, 0.25) is 0 Å². The number of hydrogen-bond acceptors (Lipinski definition) is 4. The molecule has 1 atom stereocenters. The molecule has 1 rings (SSSR count). The van der Waals surface area contributed by atoms with Gasteiger partial charge < -0.3 is 15.8 Å². The first kappa shape index (κ1) is 14.1. The molecule has 0 fully saturated rings. The predicted molar refractivity (Wildman–Crippen MR) is 69.8 cm³/mol. The van der Waals surface area contributed by atoms with Crippen molar-refractivity contribution < 1.29 is 4.74 Å². The van der Waals surface area contributed by atoms with E-state index in [0.29, 0.717) is 6.04 Å². The van der Waals surface area contributed by atoms with E-state index in [1.807, 2.05) is 12.4 Å². The molecule has 1 aromatic rings. The van der Waals surface area contributed by atoms with Gasteiger partial charge in [0.15, 0.2) is 0 Å². The number of nitrogens with two attached hydrogens (primary N) is 1. The summed E-state index contributed by atoms with van der Waals surface area (Å²) in [5.74, 6) is 0. The van der Waals surface area contributed by atoms with Crippen LogP contribution in [0.5, 0.6) is 0 Å². The Morgan fingerprint density at radius 3 is 3.00 bits per heavy atom. The molecule has 0 saturated carbocycles. The second kappa shape index (κ2) is 8.17. The maximum absolute atomic E-state index is 5.53. The second-order valence-electron chi connectivity index (χ2n) is 4.27. The summed E-state index contributed by atoms with van der Waals surface area (Å²) >= 11 is 0. The van der Waals surface area contributed by atoms with Gasteiger partial charge in [-0.25, -0.2) is 0 Å². The van der Waals surface area contributed by atoms with Crippen LogP contribution in [0, 0.1) is 6.92 Å². The van der Waals surface area contributed by atoms with Crippen LogP contribution in [0.25, 0.3) is 0 Å². The van der Waals surface area contributed by atoms with Crippen LogP contribution in [0.4, 0.5) is 0 Å². The molecule has 4 heteroatoms. The molecule has 0 aromatic carbocycles. The number of methoxy groups -OCH3 is 1. The van der Waals surface area contributed by atoms with Crippen LogP contribution in [0.1, 0.15) is 24.0 Å². The summed E-state index contributed by atoms with van der Waals surface area (Å²) in [5.41, 5.74) is 8.03. The first-order valence-corrected chi connectivity index (χ1v) is 6.09. The van der Waals surface area contributed by atoms with E-state index in [1.54, 1.807) is 7.11 Å². The summed E-state index contributed by atoms with van der Waals surface area (Å²) < 4.78 is 5.20. The van der Waals surface area contributed by atoms with Crippen LogP contribution in [-0.2, 0) is 11.3 Å². The molecule has 0 aliphatic carbocycles. The molecule has 0 saturated heterocycles. The highest BCUT2D eigenvalue weighted by atomic mass is 16.5. The molecule has 0 aliphatic heterocycles. The number of hydrogen-bond donors (Lipinski definition) is 2. The Morgan fingerprint density at radius 1 is 1.53 bits per heavy atom. The molecule has 3 N–H and O–H groups in total. The van der Waals surface area contributed by atoms with E-state index in [0.717, 1.165) is 32.5 Å². The average Bonchev–Trinajstić information content (AvgIpc) is 2.34. The second-order valence-corrected chi connectivity index (χ2v) is 4.27. The zero-order valence-electron chi connectivity index (χ0n) is 10.8. The maximum Gasteiger partial charge on any atom is 0.0615 e. The third kappa shape index (κ3) is 5.26. The molecule has 4 nitrogen and oxygen atoms in total. The number of nitrogens with one attached hydrogen (secondary N) is 1. The van der Waals surface area contributed by atoms with Gasteiger partial charge in [-0.3, -0.25) is 4.98 Å². The van der Waals surface area contributed by atoms with Gasteiger partial charge in [-0.1, -0.05) is 0 Å². The van der Waals surface area contributed by atoms with Gasteiger partial charge in [0.25, 0.3) is 0 Å². The SMILES string of the molecule is COCC(CCCN)NCc1ccncc1C. The number of aryl methyl sites for hydroxylation is 1. The molecule has 96 valence electrons. The maximum atomic E-state index is 5.53. The minimum Gasteiger partial charge on any atom is -0.383 e. The van der Waals surface area contributed by atoms with E-state index < -0.39 is 0 Å².